The number of piperidine rings is 2. The van der Waals surface area contributed by atoms with Crippen molar-refractivity contribution in [1.29, 1.82) is 0 Å². The zero-order valence-corrected chi connectivity index (χ0v) is 15.2. The summed E-state index contributed by atoms with van der Waals surface area (Å²) in [5.74, 6) is 1.68. The Bertz CT molecular complexity index is 454. The predicted molar refractivity (Wildman–Crippen MR) is 94.5 cm³/mol. The van der Waals surface area contributed by atoms with Crippen LogP contribution < -0.4 is 0 Å². The molecule has 1 aliphatic carbocycles. The Morgan fingerprint density at radius 2 is 1.64 bits per heavy atom. The van der Waals surface area contributed by atoms with Crippen LogP contribution in [-0.2, 0) is 0 Å². The molecule has 0 spiro atoms. The summed E-state index contributed by atoms with van der Waals surface area (Å²) in [6.07, 6.45) is 10.7. The average Bonchev–Trinajstić information content (AvgIpc) is 2.45. The van der Waals surface area contributed by atoms with Crippen LogP contribution in [0.2, 0.25) is 0 Å². The lowest BCUT2D eigenvalue weighted by Gasteiger charge is -2.38. The van der Waals surface area contributed by atoms with E-state index >= 15 is 0 Å². The molecule has 2 atom stereocenters. The normalized spacial score (nSPS) is 36.2. The van der Waals surface area contributed by atoms with Crippen LogP contribution in [-0.4, -0.2) is 41.4 Å². The van der Waals surface area contributed by atoms with Crippen LogP contribution in [0, 0.1) is 17.3 Å². The van der Waals surface area contributed by atoms with E-state index in [4.69, 9.17) is 0 Å². The summed E-state index contributed by atoms with van der Waals surface area (Å²) < 4.78 is 2.71. The van der Waals surface area contributed by atoms with Crippen molar-refractivity contribution in [2.75, 3.05) is 26.2 Å². The van der Waals surface area contributed by atoms with E-state index in [0.717, 1.165) is 11.8 Å². The van der Waals surface area contributed by atoms with Gasteiger partial charge in [-0.2, -0.15) is 0 Å². The fourth-order valence-corrected chi connectivity index (χ4v) is 4.82. The Morgan fingerprint density at radius 3 is 2.27 bits per heavy atom. The largest absolute Gasteiger partial charge is 0.375 e. The molecule has 0 radical (unpaired) electrons. The first-order valence-corrected chi connectivity index (χ1v) is 9.49. The van der Waals surface area contributed by atoms with E-state index in [1.807, 2.05) is 0 Å². The third-order valence-electron chi connectivity index (χ3n) is 5.69. The molecule has 22 heavy (non-hydrogen) atoms. The fourth-order valence-electron chi connectivity index (χ4n) is 4.82. The van der Waals surface area contributed by atoms with Gasteiger partial charge in [0.05, 0.1) is 0 Å². The van der Waals surface area contributed by atoms with Crippen molar-refractivity contribution in [3.8, 4) is 0 Å². The standard InChI is InChI=1S/C20H35N2/c1-16-10-17(2)15-22(14-16)19-11-18(12-20(3,4)13-19)21-8-6-5-7-9-21/h11,16-17H,5-10,12-15H2,1-4H3/q+1/t16-,17+. The fraction of sp³-hybridized carbons (Fsp3) is 0.850. The number of hydrogen-bond donors (Lipinski definition) is 0. The molecule has 2 heteroatoms. The Balaban J connectivity index is 1.88. The number of hydrogen-bond acceptors (Lipinski definition) is 1. The van der Waals surface area contributed by atoms with E-state index in [0.29, 0.717) is 5.41 Å². The van der Waals surface area contributed by atoms with Crippen molar-refractivity contribution in [2.24, 2.45) is 17.3 Å². The maximum atomic E-state index is 2.71. The van der Waals surface area contributed by atoms with Crippen LogP contribution in [0.15, 0.2) is 11.8 Å². The van der Waals surface area contributed by atoms with Gasteiger partial charge >= 0.3 is 0 Å². The van der Waals surface area contributed by atoms with Gasteiger partial charge in [0.25, 0.3) is 0 Å². The molecule has 0 unspecified atom stereocenters. The van der Waals surface area contributed by atoms with Gasteiger partial charge in [0.1, 0.15) is 13.1 Å². The van der Waals surface area contributed by atoms with Gasteiger partial charge in [-0.05, 0) is 37.5 Å². The van der Waals surface area contributed by atoms with Gasteiger partial charge in [0.15, 0.2) is 5.71 Å². The Hall–Kier alpha value is -0.790. The molecule has 2 nitrogen and oxygen atoms in total. The van der Waals surface area contributed by atoms with Crippen LogP contribution in [0.25, 0.3) is 0 Å². The molecule has 3 aliphatic rings. The number of likely N-dealkylation sites (tertiary alicyclic amines) is 1. The first kappa shape index (κ1) is 16.1. The van der Waals surface area contributed by atoms with Crippen molar-refractivity contribution in [1.82, 2.24) is 4.90 Å². The lowest BCUT2D eigenvalue weighted by atomic mass is 9.77. The van der Waals surface area contributed by atoms with E-state index < -0.39 is 0 Å². The average molecular weight is 304 g/mol. The van der Waals surface area contributed by atoms with Crippen LogP contribution >= 0.6 is 0 Å². The minimum Gasteiger partial charge on any atom is -0.375 e. The summed E-state index contributed by atoms with van der Waals surface area (Å²) >= 11 is 0. The molecule has 0 aromatic carbocycles. The van der Waals surface area contributed by atoms with Gasteiger partial charge < -0.3 is 4.90 Å². The minimum absolute atomic E-state index is 0.417. The van der Waals surface area contributed by atoms with Gasteiger partial charge in [-0.1, -0.05) is 27.7 Å². The monoisotopic (exact) mass is 303 g/mol. The topological polar surface area (TPSA) is 6.25 Å². The number of nitrogens with zero attached hydrogens (tertiary/aromatic N) is 2. The highest BCUT2D eigenvalue weighted by Crippen LogP contribution is 2.36. The van der Waals surface area contributed by atoms with Gasteiger partial charge in [-0.3, -0.25) is 0 Å². The smallest absolute Gasteiger partial charge is 0.178 e. The molecule has 0 aromatic heterocycles. The van der Waals surface area contributed by atoms with E-state index in [9.17, 15) is 0 Å². The van der Waals surface area contributed by atoms with Crippen molar-refractivity contribution in [3.63, 3.8) is 0 Å². The molecule has 2 heterocycles. The summed E-state index contributed by atoms with van der Waals surface area (Å²) in [7, 11) is 0. The first-order valence-electron chi connectivity index (χ1n) is 9.49. The maximum absolute atomic E-state index is 2.71. The summed E-state index contributed by atoms with van der Waals surface area (Å²) in [4.78, 5) is 2.68. The predicted octanol–water partition coefficient (Wildman–Crippen LogP) is 4.31. The summed E-state index contributed by atoms with van der Waals surface area (Å²) in [6, 6.07) is 0. The zero-order chi connectivity index (χ0) is 15.7. The summed E-state index contributed by atoms with van der Waals surface area (Å²) in [5.41, 5.74) is 3.66. The SMILES string of the molecule is C[C@@H]1C[C@H](C)C[N+](=C2C=C(N3CCCCC3)CC(C)(C)C2)C1. The van der Waals surface area contributed by atoms with E-state index in [1.54, 1.807) is 11.4 Å². The molecule has 2 aliphatic heterocycles. The molecule has 2 fully saturated rings. The molecule has 124 valence electrons. The van der Waals surface area contributed by atoms with Gasteiger partial charge in [0.2, 0.25) is 0 Å². The van der Waals surface area contributed by atoms with Crippen molar-refractivity contribution in [2.45, 2.75) is 66.2 Å². The first-order chi connectivity index (χ1) is 10.4. The second kappa shape index (κ2) is 6.37. The van der Waals surface area contributed by atoms with Crippen LogP contribution in [0.5, 0.6) is 0 Å². The lowest BCUT2D eigenvalue weighted by molar-refractivity contribution is -0.553. The Kier molecular flexibility index (Phi) is 4.66. The van der Waals surface area contributed by atoms with Gasteiger partial charge in [-0.25, -0.2) is 4.58 Å². The molecular formula is C20H35N2+. The molecule has 0 saturated carbocycles. The van der Waals surface area contributed by atoms with Crippen molar-refractivity contribution < 1.29 is 4.58 Å². The zero-order valence-electron chi connectivity index (χ0n) is 15.2. The van der Waals surface area contributed by atoms with Gasteiger partial charge in [0, 0.05) is 43.1 Å². The van der Waals surface area contributed by atoms with Crippen LogP contribution in [0.3, 0.4) is 0 Å². The molecule has 2 saturated heterocycles. The van der Waals surface area contributed by atoms with E-state index in [1.165, 1.54) is 64.7 Å². The van der Waals surface area contributed by atoms with Crippen LogP contribution in [0.1, 0.15) is 66.2 Å². The summed E-state index contributed by atoms with van der Waals surface area (Å²) in [6.45, 7) is 14.9. The summed E-state index contributed by atoms with van der Waals surface area (Å²) in [5, 5.41) is 0. The third kappa shape index (κ3) is 3.75. The quantitative estimate of drug-likeness (QED) is 0.654. The highest BCUT2D eigenvalue weighted by atomic mass is 15.1. The Morgan fingerprint density at radius 1 is 1.00 bits per heavy atom. The minimum atomic E-state index is 0.417. The van der Waals surface area contributed by atoms with E-state index in [-0.39, 0.29) is 0 Å². The molecule has 0 amide bonds. The number of rotatable bonds is 1. The molecule has 3 rings (SSSR count). The molecular weight excluding hydrogens is 268 g/mol. The lowest BCUT2D eigenvalue weighted by Crippen LogP contribution is -2.40. The van der Waals surface area contributed by atoms with Crippen LogP contribution in [0.4, 0.5) is 0 Å². The van der Waals surface area contributed by atoms with Gasteiger partial charge in [-0.15, -0.1) is 0 Å². The highest BCUT2D eigenvalue weighted by Gasteiger charge is 2.35. The van der Waals surface area contributed by atoms with E-state index in [2.05, 4.69) is 43.2 Å². The third-order valence-corrected chi connectivity index (χ3v) is 5.69. The molecule has 0 bridgehead atoms. The Labute approximate surface area is 137 Å². The maximum Gasteiger partial charge on any atom is 0.178 e. The van der Waals surface area contributed by atoms with Crippen molar-refractivity contribution in [3.05, 3.63) is 11.8 Å². The second-order valence-electron chi connectivity index (χ2n) is 9.04. The molecule has 0 N–H and O–H groups in total. The second-order valence-corrected chi connectivity index (χ2v) is 9.04. The molecule has 0 aromatic rings. The van der Waals surface area contributed by atoms with Crippen molar-refractivity contribution >= 4 is 5.71 Å². The number of allylic oxidation sites excluding steroid dienone is 2. The highest BCUT2D eigenvalue weighted by molar-refractivity contribution is 5.92.